The first-order chi connectivity index (χ1) is 8.99. The first-order valence-electron chi connectivity index (χ1n) is 6.55. The molecule has 0 heterocycles. The van der Waals surface area contributed by atoms with Gasteiger partial charge in [0.15, 0.2) is 0 Å². The van der Waals surface area contributed by atoms with E-state index in [1.807, 2.05) is 19.1 Å². The van der Waals surface area contributed by atoms with Crippen LogP contribution in [0, 0.1) is 26.6 Å². The van der Waals surface area contributed by atoms with Gasteiger partial charge in [0, 0.05) is 11.6 Å². The molecule has 1 atom stereocenters. The Morgan fingerprint density at radius 2 is 1.68 bits per heavy atom. The Balaban J connectivity index is 2.31. The number of rotatable bonds is 3. The Hall–Kier alpha value is -1.67. The molecule has 100 valence electrons. The molecule has 0 saturated carbocycles. The summed E-state index contributed by atoms with van der Waals surface area (Å²) in [5.74, 6) is -0.218. The molecule has 0 radical (unpaired) electrons. The van der Waals surface area contributed by atoms with Crippen molar-refractivity contribution in [3.05, 3.63) is 70.0 Å². The van der Waals surface area contributed by atoms with Crippen LogP contribution in [0.25, 0.3) is 0 Å². The predicted octanol–water partition coefficient (Wildman–Crippen LogP) is 3.99. The number of hydrogen-bond donors (Lipinski definition) is 1. The summed E-state index contributed by atoms with van der Waals surface area (Å²) < 4.78 is 13.8. The minimum absolute atomic E-state index is 0.218. The molecule has 0 fully saturated rings. The molecular formula is C17H20FN. The van der Waals surface area contributed by atoms with E-state index >= 15 is 0 Å². The molecular weight excluding hydrogens is 237 g/mol. The molecule has 0 aliphatic carbocycles. The maximum absolute atomic E-state index is 13.8. The lowest BCUT2D eigenvalue weighted by Gasteiger charge is -2.17. The number of benzene rings is 2. The third-order valence-electron chi connectivity index (χ3n) is 3.62. The standard InChI is InChI=1S/C17H20FN/c1-11-7-8-16(18)15(9-11)17(19)10-14-12(2)5-4-6-13(14)3/h4-9,17H,10,19H2,1-3H3. The molecule has 1 nitrogen and oxygen atoms in total. The normalized spacial score (nSPS) is 12.5. The number of aryl methyl sites for hydroxylation is 3. The van der Waals surface area contributed by atoms with E-state index in [9.17, 15) is 4.39 Å². The van der Waals surface area contributed by atoms with Gasteiger partial charge >= 0.3 is 0 Å². The summed E-state index contributed by atoms with van der Waals surface area (Å²) >= 11 is 0. The lowest BCUT2D eigenvalue weighted by atomic mass is 9.93. The van der Waals surface area contributed by atoms with E-state index < -0.39 is 0 Å². The van der Waals surface area contributed by atoms with Gasteiger partial charge in [-0.3, -0.25) is 0 Å². The molecule has 2 heteroatoms. The molecule has 2 aromatic carbocycles. The van der Waals surface area contributed by atoms with E-state index in [4.69, 9.17) is 5.73 Å². The summed E-state index contributed by atoms with van der Waals surface area (Å²) in [4.78, 5) is 0. The average molecular weight is 257 g/mol. The van der Waals surface area contributed by atoms with Crippen LogP contribution in [-0.4, -0.2) is 0 Å². The summed E-state index contributed by atoms with van der Waals surface area (Å²) in [6, 6.07) is 11.0. The molecule has 2 aromatic rings. The fourth-order valence-corrected chi connectivity index (χ4v) is 2.45. The van der Waals surface area contributed by atoms with Gasteiger partial charge < -0.3 is 5.73 Å². The number of halogens is 1. The average Bonchev–Trinajstić information content (AvgIpc) is 2.37. The maximum atomic E-state index is 13.8. The van der Waals surface area contributed by atoms with E-state index in [0.29, 0.717) is 12.0 Å². The molecule has 19 heavy (non-hydrogen) atoms. The van der Waals surface area contributed by atoms with Gasteiger partial charge in [-0.1, -0.05) is 35.9 Å². The van der Waals surface area contributed by atoms with E-state index in [0.717, 1.165) is 5.56 Å². The third-order valence-corrected chi connectivity index (χ3v) is 3.62. The highest BCUT2D eigenvalue weighted by atomic mass is 19.1. The zero-order chi connectivity index (χ0) is 14.0. The van der Waals surface area contributed by atoms with Crippen molar-refractivity contribution >= 4 is 0 Å². The molecule has 0 amide bonds. The minimum atomic E-state index is -0.306. The fraction of sp³-hybridized carbons (Fsp3) is 0.294. The predicted molar refractivity (Wildman–Crippen MR) is 77.7 cm³/mol. The smallest absolute Gasteiger partial charge is 0.128 e. The van der Waals surface area contributed by atoms with Crippen LogP contribution >= 0.6 is 0 Å². The monoisotopic (exact) mass is 257 g/mol. The Kier molecular flexibility index (Phi) is 4.01. The van der Waals surface area contributed by atoms with Crippen molar-refractivity contribution in [3.8, 4) is 0 Å². The van der Waals surface area contributed by atoms with Crippen molar-refractivity contribution < 1.29 is 4.39 Å². The van der Waals surface area contributed by atoms with Crippen LogP contribution in [0.15, 0.2) is 36.4 Å². The molecule has 1 unspecified atom stereocenters. The van der Waals surface area contributed by atoms with Crippen LogP contribution in [-0.2, 0) is 6.42 Å². The molecule has 0 aliphatic rings. The van der Waals surface area contributed by atoms with E-state index in [1.54, 1.807) is 6.07 Å². The summed E-state index contributed by atoms with van der Waals surface area (Å²) in [6.07, 6.45) is 0.666. The number of hydrogen-bond acceptors (Lipinski definition) is 1. The van der Waals surface area contributed by atoms with Gasteiger partial charge in [-0.15, -0.1) is 0 Å². The van der Waals surface area contributed by atoms with Crippen molar-refractivity contribution in [2.24, 2.45) is 5.73 Å². The SMILES string of the molecule is Cc1ccc(F)c(C(N)Cc2c(C)cccc2C)c1. The second-order valence-electron chi connectivity index (χ2n) is 5.21. The van der Waals surface area contributed by atoms with Crippen LogP contribution in [0.5, 0.6) is 0 Å². The van der Waals surface area contributed by atoms with Gasteiger partial charge in [0.05, 0.1) is 0 Å². The molecule has 2 N–H and O–H groups in total. The second kappa shape index (κ2) is 5.54. The highest BCUT2D eigenvalue weighted by molar-refractivity contribution is 5.36. The first-order valence-corrected chi connectivity index (χ1v) is 6.55. The van der Waals surface area contributed by atoms with Crippen molar-refractivity contribution in [1.29, 1.82) is 0 Å². The summed E-state index contributed by atoms with van der Waals surface area (Å²) in [6.45, 7) is 6.10. The summed E-state index contributed by atoms with van der Waals surface area (Å²) in [5, 5.41) is 0. The van der Waals surface area contributed by atoms with Crippen LogP contribution in [0.1, 0.15) is 33.9 Å². The van der Waals surface area contributed by atoms with Gasteiger partial charge in [0.2, 0.25) is 0 Å². The second-order valence-corrected chi connectivity index (χ2v) is 5.21. The quantitative estimate of drug-likeness (QED) is 0.884. The molecule has 0 aliphatic heterocycles. The largest absolute Gasteiger partial charge is 0.324 e. The zero-order valence-corrected chi connectivity index (χ0v) is 11.7. The first kappa shape index (κ1) is 13.8. The van der Waals surface area contributed by atoms with Crippen LogP contribution in [0.4, 0.5) is 4.39 Å². The van der Waals surface area contributed by atoms with E-state index in [1.165, 1.54) is 22.8 Å². The van der Waals surface area contributed by atoms with E-state index in [2.05, 4.69) is 26.0 Å². The minimum Gasteiger partial charge on any atom is -0.324 e. The van der Waals surface area contributed by atoms with Crippen molar-refractivity contribution in [3.63, 3.8) is 0 Å². The molecule has 0 bridgehead atoms. The van der Waals surface area contributed by atoms with Crippen LogP contribution < -0.4 is 5.73 Å². The summed E-state index contributed by atoms with van der Waals surface area (Å²) in [7, 11) is 0. The van der Waals surface area contributed by atoms with Crippen LogP contribution in [0.2, 0.25) is 0 Å². The molecule has 0 spiro atoms. The van der Waals surface area contributed by atoms with Gasteiger partial charge in [-0.05, 0) is 49.9 Å². The Morgan fingerprint density at radius 3 is 2.32 bits per heavy atom. The molecule has 0 saturated heterocycles. The van der Waals surface area contributed by atoms with Crippen molar-refractivity contribution in [1.82, 2.24) is 0 Å². The lowest BCUT2D eigenvalue weighted by molar-refractivity contribution is 0.579. The topological polar surface area (TPSA) is 26.0 Å². The van der Waals surface area contributed by atoms with Gasteiger partial charge in [0.1, 0.15) is 5.82 Å². The van der Waals surface area contributed by atoms with Crippen molar-refractivity contribution in [2.45, 2.75) is 33.2 Å². The summed E-state index contributed by atoms with van der Waals surface area (Å²) in [5.41, 5.74) is 11.5. The van der Waals surface area contributed by atoms with Gasteiger partial charge in [0.25, 0.3) is 0 Å². The van der Waals surface area contributed by atoms with Gasteiger partial charge in [-0.25, -0.2) is 4.39 Å². The lowest BCUT2D eigenvalue weighted by Crippen LogP contribution is -2.16. The van der Waals surface area contributed by atoms with Crippen LogP contribution in [0.3, 0.4) is 0 Å². The maximum Gasteiger partial charge on any atom is 0.128 e. The van der Waals surface area contributed by atoms with E-state index in [-0.39, 0.29) is 11.9 Å². The number of nitrogens with two attached hydrogens (primary N) is 1. The molecule has 0 aromatic heterocycles. The Bertz CT molecular complexity index is 570. The van der Waals surface area contributed by atoms with Crippen molar-refractivity contribution in [2.75, 3.05) is 0 Å². The Labute approximate surface area is 114 Å². The fourth-order valence-electron chi connectivity index (χ4n) is 2.45. The molecule has 2 rings (SSSR count). The van der Waals surface area contributed by atoms with Gasteiger partial charge in [-0.2, -0.15) is 0 Å². The highest BCUT2D eigenvalue weighted by Gasteiger charge is 2.14. The highest BCUT2D eigenvalue weighted by Crippen LogP contribution is 2.23. The Morgan fingerprint density at radius 1 is 1.05 bits per heavy atom. The zero-order valence-electron chi connectivity index (χ0n) is 11.7. The third kappa shape index (κ3) is 3.02.